The molecule has 102 valence electrons. The first kappa shape index (κ1) is 14.9. The Kier molecular flexibility index (Phi) is 7.38. The van der Waals surface area contributed by atoms with E-state index in [0.717, 1.165) is 12.8 Å². The Hall–Kier alpha value is -1.12. The fraction of sp³-hybridized carbons (Fsp3) is 0.846. The predicted octanol–water partition coefficient (Wildman–Crippen LogP) is 0.907. The molecule has 18 heavy (non-hydrogen) atoms. The monoisotopic (exact) mass is 253 g/mol. The first-order valence-corrected chi connectivity index (χ1v) is 6.64. The van der Waals surface area contributed by atoms with Crippen molar-refractivity contribution in [2.45, 2.75) is 38.1 Å². The molecule has 1 rings (SSSR count). The highest BCUT2D eigenvalue weighted by Crippen LogP contribution is 2.17. The molecule has 0 atom stereocenters. The van der Waals surface area contributed by atoms with Crippen LogP contribution in [0.25, 0.3) is 0 Å². The molecule has 5 nitrogen and oxygen atoms in total. The van der Waals surface area contributed by atoms with Crippen molar-refractivity contribution in [3.8, 4) is 6.07 Å². The summed E-state index contributed by atoms with van der Waals surface area (Å²) in [4.78, 5) is 13.8. The topological polar surface area (TPSA) is 65.4 Å². The van der Waals surface area contributed by atoms with Crippen molar-refractivity contribution in [2.24, 2.45) is 0 Å². The average molecular weight is 253 g/mol. The normalized spacial score (nSPS) is 15.8. The summed E-state index contributed by atoms with van der Waals surface area (Å²) in [6.07, 6.45) is 5.07. The number of nitrogens with zero attached hydrogens (tertiary/aromatic N) is 2. The predicted molar refractivity (Wildman–Crippen MR) is 68.9 cm³/mol. The van der Waals surface area contributed by atoms with Crippen molar-refractivity contribution in [1.29, 1.82) is 5.26 Å². The van der Waals surface area contributed by atoms with Gasteiger partial charge in [-0.25, -0.2) is 0 Å². The minimum Gasteiger partial charge on any atom is -0.383 e. The Labute approximate surface area is 109 Å². The van der Waals surface area contributed by atoms with Gasteiger partial charge < -0.3 is 10.1 Å². The maximum Gasteiger partial charge on any atom is 0.234 e. The van der Waals surface area contributed by atoms with Gasteiger partial charge >= 0.3 is 0 Å². The standard InChI is InChI=1S/C13H23N3O2/c1-18-10-9-16(8-4-7-14)11-13(17)15-12-5-2-3-6-12/h12H,2-6,8-11H2,1H3,(H,15,17). The van der Waals surface area contributed by atoms with Gasteiger partial charge in [0.1, 0.15) is 0 Å². The van der Waals surface area contributed by atoms with Crippen LogP contribution in [0.5, 0.6) is 0 Å². The van der Waals surface area contributed by atoms with Crippen LogP contribution in [0, 0.1) is 11.3 Å². The van der Waals surface area contributed by atoms with Crippen molar-refractivity contribution >= 4 is 5.91 Å². The number of ether oxygens (including phenoxy) is 1. The highest BCUT2D eigenvalue weighted by molar-refractivity contribution is 5.78. The summed E-state index contributed by atoms with van der Waals surface area (Å²) in [7, 11) is 1.64. The number of rotatable bonds is 8. The smallest absolute Gasteiger partial charge is 0.234 e. The molecule has 0 saturated heterocycles. The number of amides is 1. The minimum atomic E-state index is 0.0657. The van der Waals surface area contributed by atoms with E-state index in [-0.39, 0.29) is 5.91 Å². The van der Waals surface area contributed by atoms with Crippen molar-refractivity contribution in [2.75, 3.05) is 33.4 Å². The van der Waals surface area contributed by atoms with Crippen molar-refractivity contribution in [3.63, 3.8) is 0 Å². The Bertz CT molecular complexity index is 282. The van der Waals surface area contributed by atoms with Crippen LogP contribution in [0.4, 0.5) is 0 Å². The molecule has 0 bridgehead atoms. The molecule has 0 aromatic carbocycles. The van der Waals surface area contributed by atoms with Crippen LogP contribution in [-0.4, -0.2) is 50.2 Å². The average Bonchev–Trinajstić information content (AvgIpc) is 2.85. The third-order valence-electron chi connectivity index (χ3n) is 3.24. The van der Waals surface area contributed by atoms with Crippen LogP contribution in [0.3, 0.4) is 0 Å². The molecule has 0 heterocycles. The van der Waals surface area contributed by atoms with Crippen LogP contribution in [-0.2, 0) is 9.53 Å². The third kappa shape index (κ3) is 5.99. The van der Waals surface area contributed by atoms with E-state index in [1.165, 1.54) is 12.8 Å². The van der Waals surface area contributed by atoms with Crippen molar-refractivity contribution < 1.29 is 9.53 Å². The lowest BCUT2D eigenvalue weighted by Gasteiger charge is -2.21. The lowest BCUT2D eigenvalue weighted by molar-refractivity contribution is -0.123. The van der Waals surface area contributed by atoms with Gasteiger partial charge in [-0.3, -0.25) is 9.69 Å². The first-order valence-electron chi connectivity index (χ1n) is 6.64. The van der Waals surface area contributed by atoms with E-state index in [1.54, 1.807) is 7.11 Å². The molecule has 1 saturated carbocycles. The molecule has 0 radical (unpaired) electrons. The van der Waals surface area contributed by atoms with E-state index >= 15 is 0 Å². The van der Waals surface area contributed by atoms with Crippen LogP contribution < -0.4 is 5.32 Å². The zero-order valence-electron chi connectivity index (χ0n) is 11.2. The number of hydrogen-bond donors (Lipinski definition) is 1. The van der Waals surface area contributed by atoms with E-state index in [4.69, 9.17) is 10.00 Å². The Morgan fingerprint density at radius 1 is 1.44 bits per heavy atom. The van der Waals surface area contributed by atoms with Gasteiger partial charge in [-0.1, -0.05) is 12.8 Å². The van der Waals surface area contributed by atoms with E-state index in [1.807, 2.05) is 4.90 Å². The molecule has 1 aliphatic rings. The molecular weight excluding hydrogens is 230 g/mol. The van der Waals surface area contributed by atoms with Gasteiger partial charge in [-0.2, -0.15) is 5.26 Å². The quantitative estimate of drug-likeness (QED) is 0.698. The molecule has 1 amide bonds. The molecule has 0 spiro atoms. The van der Waals surface area contributed by atoms with Gasteiger partial charge in [0, 0.05) is 32.7 Å². The minimum absolute atomic E-state index is 0.0657. The lowest BCUT2D eigenvalue weighted by atomic mass is 10.2. The third-order valence-corrected chi connectivity index (χ3v) is 3.24. The Morgan fingerprint density at radius 2 is 2.17 bits per heavy atom. The number of carbonyl (C=O) groups is 1. The van der Waals surface area contributed by atoms with Crippen molar-refractivity contribution in [1.82, 2.24) is 10.2 Å². The fourth-order valence-corrected chi connectivity index (χ4v) is 2.24. The molecule has 0 aromatic rings. The summed E-state index contributed by atoms with van der Waals surface area (Å²) >= 11 is 0. The first-order chi connectivity index (χ1) is 8.76. The van der Waals surface area contributed by atoms with E-state index < -0.39 is 0 Å². The summed E-state index contributed by atoms with van der Waals surface area (Å²) in [5.41, 5.74) is 0. The second kappa shape index (κ2) is 8.90. The molecule has 1 fully saturated rings. The number of carbonyl (C=O) groups excluding carboxylic acids is 1. The van der Waals surface area contributed by atoms with Gasteiger partial charge in [0.15, 0.2) is 0 Å². The summed E-state index contributed by atoms with van der Waals surface area (Å²) < 4.78 is 5.01. The fourth-order valence-electron chi connectivity index (χ4n) is 2.24. The maximum atomic E-state index is 11.9. The highest BCUT2D eigenvalue weighted by Gasteiger charge is 2.18. The van der Waals surface area contributed by atoms with Gasteiger partial charge in [0.2, 0.25) is 5.91 Å². The lowest BCUT2D eigenvalue weighted by Crippen LogP contribution is -2.42. The van der Waals surface area contributed by atoms with Crippen LogP contribution in [0.15, 0.2) is 0 Å². The molecule has 1 N–H and O–H groups in total. The molecule has 0 aliphatic heterocycles. The maximum absolute atomic E-state index is 11.9. The molecule has 1 aliphatic carbocycles. The number of hydrogen-bond acceptors (Lipinski definition) is 4. The Balaban J connectivity index is 2.28. The summed E-state index contributed by atoms with van der Waals surface area (Å²) in [6, 6.07) is 2.47. The van der Waals surface area contributed by atoms with Gasteiger partial charge in [-0.05, 0) is 12.8 Å². The van der Waals surface area contributed by atoms with Gasteiger partial charge in [0.25, 0.3) is 0 Å². The number of nitrogens with one attached hydrogen (secondary N) is 1. The van der Waals surface area contributed by atoms with E-state index in [2.05, 4.69) is 11.4 Å². The number of methoxy groups -OCH3 is 1. The SMILES string of the molecule is COCCN(CCC#N)CC(=O)NC1CCCC1. The summed E-state index contributed by atoms with van der Waals surface area (Å²) in [6.45, 7) is 2.26. The van der Waals surface area contributed by atoms with E-state index in [9.17, 15) is 4.79 Å². The van der Waals surface area contributed by atoms with Gasteiger partial charge in [0.05, 0.1) is 19.2 Å². The zero-order chi connectivity index (χ0) is 13.2. The summed E-state index contributed by atoms with van der Waals surface area (Å²) in [5, 5.41) is 11.7. The largest absolute Gasteiger partial charge is 0.383 e. The zero-order valence-corrected chi connectivity index (χ0v) is 11.2. The Morgan fingerprint density at radius 3 is 2.78 bits per heavy atom. The molecule has 5 heteroatoms. The van der Waals surface area contributed by atoms with Crippen LogP contribution in [0.1, 0.15) is 32.1 Å². The second-order valence-electron chi connectivity index (χ2n) is 4.73. The van der Waals surface area contributed by atoms with Crippen LogP contribution >= 0.6 is 0 Å². The van der Waals surface area contributed by atoms with E-state index in [0.29, 0.717) is 38.7 Å². The molecule has 0 aromatic heterocycles. The van der Waals surface area contributed by atoms with Crippen LogP contribution in [0.2, 0.25) is 0 Å². The van der Waals surface area contributed by atoms with Crippen molar-refractivity contribution in [3.05, 3.63) is 0 Å². The number of nitriles is 1. The highest BCUT2D eigenvalue weighted by atomic mass is 16.5. The summed E-state index contributed by atoms with van der Waals surface area (Å²) in [5.74, 6) is 0.0657. The second-order valence-corrected chi connectivity index (χ2v) is 4.73. The van der Waals surface area contributed by atoms with Gasteiger partial charge in [-0.15, -0.1) is 0 Å². The molecule has 0 unspecified atom stereocenters. The molecular formula is C13H23N3O2.